The molecule has 4 rings (SSSR count). The number of hydrogen-bond acceptors (Lipinski definition) is 5. The Kier molecular flexibility index (Phi) is 3.25. The van der Waals surface area contributed by atoms with Gasteiger partial charge >= 0.3 is 0 Å². The van der Waals surface area contributed by atoms with Crippen LogP contribution in [-0.2, 0) is 7.05 Å². The normalized spacial score (nSPS) is 17.8. The van der Waals surface area contributed by atoms with Crippen molar-refractivity contribution in [2.45, 2.75) is 12.5 Å². The van der Waals surface area contributed by atoms with Gasteiger partial charge in [0.15, 0.2) is 0 Å². The molecule has 0 aliphatic carbocycles. The van der Waals surface area contributed by atoms with E-state index in [0.717, 1.165) is 25.2 Å². The summed E-state index contributed by atoms with van der Waals surface area (Å²) in [7, 11) is 1.92. The lowest BCUT2D eigenvalue weighted by Crippen LogP contribution is -2.27. The van der Waals surface area contributed by atoms with Gasteiger partial charge in [-0.25, -0.2) is 4.98 Å². The van der Waals surface area contributed by atoms with Crippen LogP contribution in [0.3, 0.4) is 0 Å². The minimum Gasteiger partial charge on any atom is -0.367 e. The van der Waals surface area contributed by atoms with E-state index in [1.54, 1.807) is 16.7 Å². The quantitative estimate of drug-likeness (QED) is 0.785. The molecular formula is C16H18N6O. The number of pyridine rings is 1. The Morgan fingerprint density at radius 3 is 3.09 bits per heavy atom. The molecule has 1 atom stereocenters. The number of hydrogen-bond donors (Lipinski definition) is 1. The topological polar surface area (TPSA) is 67.5 Å². The van der Waals surface area contributed by atoms with Gasteiger partial charge in [0.1, 0.15) is 11.5 Å². The van der Waals surface area contributed by atoms with E-state index in [0.29, 0.717) is 11.5 Å². The number of anilines is 2. The highest BCUT2D eigenvalue weighted by atomic mass is 16.1. The predicted molar refractivity (Wildman–Crippen MR) is 88.9 cm³/mol. The van der Waals surface area contributed by atoms with Gasteiger partial charge in [0.25, 0.3) is 5.56 Å². The highest BCUT2D eigenvalue weighted by Crippen LogP contribution is 2.21. The number of fused-ring (bicyclic) bond motifs is 1. The van der Waals surface area contributed by atoms with Crippen LogP contribution in [0.4, 0.5) is 11.5 Å². The van der Waals surface area contributed by atoms with Crippen molar-refractivity contribution < 1.29 is 0 Å². The summed E-state index contributed by atoms with van der Waals surface area (Å²) in [6.45, 7) is 1.84. The Bertz CT molecular complexity index is 899. The number of aryl methyl sites for hydroxylation is 1. The molecule has 1 saturated heterocycles. The molecule has 23 heavy (non-hydrogen) atoms. The van der Waals surface area contributed by atoms with Crippen molar-refractivity contribution >= 4 is 17.2 Å². The van der Waals surface area contributed by atoms with Gasteiger partial charge in [0.2, 0.25) is 0 Å². The predicted octanol–water partition coefficient (Wildman–Crippen LogP) is 1.12. The molecular weight excluding hydrogens is 292 g/mol. The number of aromatic nitrogens is 4. The first-order chi connectivity index (χ1) is 11.2. The van der Waals surface area contributed by atoms with E-state index >= 15 is 0 Å². The van der Waals surface area contributed by atoms with Gasteiger partial charge in [-0.3, -0.25) is 13.9 Å². The Morgan fingerprint density at radius 2 is 2.26 bits per heavy atom. The fourth-order valence-corrected chi connectivity index (χ4v) is 3.02. The minimum absolute atomic E-state index is 0.0692. The summed E-state index contributed by atoms with van der Waals surface area (Å²) in [6, 6.07) is 7.37. The van der Waals surface area contributed by atoms with E-state index in [4.69, 9.17) is 0 Å². The summed E-state index contributed by atoms with van der Waals surface area (Å²) >= 11 is 0. The van der Waals surface area contributed by atoms with Crippen LogP contribution in [0, 0.1) is 0 Å². The first kappa shape index (κ1) is 13.8. The van der Waals surface area contributed by atoms with Gasteiger partial charge in [0, 0.05) is 44.6 Å². The molecule has 0 spiro atoms. The molecule has 0 bridgehead atoms. The molecule has 0 amide bonds. The third-order valence-electron chi connectivity index (χ3n) is 4.17. The zero-order valence-electron chi connectivity index (χ0n) is 12.9. The maximum absolute atomic E-state index is 12.1. The third-order valence-corrected chi connectivity index (χ3v) is 4.17. The fourth-order valence-electron chi connectivity index (χ4n) is 3.02. The van der Waals surface area contributed by atoms with Crippen molar-refractivity contribution in [3.63, 3.8) is 0 Å². The largest absolute Gasteiger partial charge is 0.367 e. The highest BCUT2D eigenvalue weighted by Gasteiger charge is 2.23. The van der Waals surface area contributed by atoms with Gasteiger partial charge < -0.3 is 10.2 Å². The Balaban J connectivity index is 1.52. The zero-order valence-corrected chi connectivity index (χ0v) is 12.9. The Labute approximate surface area is 133 Å². The molecule has 0 saturated carbocycles. The van der Waals surface area contributed by atoms with Crippen molar-refractivity contribution in [2.24, 2.45) is 7.05 Å². The van der Waals surface area contributed by atoms with Crippen LogP contribution in [0.2, 0.25) is 0 Å². The standard InChI is InChI=1S/C16H18N6O/c1-20-11-13(9-17-20)21-7-5-12(10-21)18-14-8-16(23)22-6-3-2-4-15(22)19-14/h2-4,6,8-9,11-12,18H,5,7,10H2,1H3. The molecule has 1 aliphatic rings. The minimum atomic E-state index is -0.0692. The molecule has 1 unspecified atom stereocenters. The molecule has 118 valence electrons. The van der Waals surface area contributed by atoms with Crippen LogP contribution in [0.5, 0.6) is 0 Å². The summed E-state index contributed by atoms with van der Waals surface area (Å²) in [6.07, 6.45) is 6.63. The van der Waals surface area contributed by atoms with Crippen LogP contribution in [0.25, 0.3) is 5.65 Å². The van der Waals surface area contributed by atoms with Crippen LogP contribution in [-0.4, -0.2) is 38.3 Å². The van der Waals surface area contributed by atoms with E-state index in [2.05, 4.69) is 20.3 Å². The van der Waals surface area contributed by atoms with Crippen molar-refractivity contribution in [2.75, 3.05) is 23.3 Å². The molecule has 7 heteroatoms. The SMILES string of the molecule is Cn1cc(N2CCC(Nc3cc(=O)n4ccccc4n3)C2)cn1. The molecule has 3 aromatic rings. The van der Waals surface area contributed by atoms with Gasteiger partial charge in [0.05, 0.1) is 11.9 Å². The van der Waals surface area contributed by atoms with E-state index in [-0.39, 0.29) is 11.6 Å². The van der Waals surface area contributed by atoms with E-state index in [9.17, 15) is 4.79 Å². The molecule has 1 aliphatic heterocycles. The van der Waals surface area contributed by atoms with Crippen molar-refractivity contribution in [3.8, 4) is 0 Å². The summed E-state index contributed by atoms with van der Waals surface area (Å²) < 4.78 is 3.35. The summed E-state index contributed by atoms with van der Waals surface area (Å²) in [5, 5.41) is 7.60. The second-order valence-electron chi connectivity index (χ2n) is 5.86. The van der Waals surface area contributed by atoms with E-state index in [1.165, 1.54) is 0 Å². The summed E-state index contributed by atoms with van der Waals surface area (Å²) in [4.78, 5) is 18.9. The molecule has 1 fully saturated rings. The van der Waals surface area contributed by atoms with E-state index in [1.807, 2.05) is 42.3 Å². The summed E-state index contributed by atoms with van der Waals surface area (Å²) in [5.74, 6) is 0.638. The lowest BCUT2D eigenvalue weighted by atomic mass is 10.2. The van der Waals surface area contributed by atoms with E-state index < -0.39 is 0 Å². The maximum Gasteiger partial charge on any atom is 0.259 e. The number of nitrogens with one attached hydrogen (secondary N) is 1. The van der Waals surface area contributed by atoms with Crippen molar-refractivity contribution in [1.82, 2.24) is 19.2 Å². The lowest BCUT2D eigenvalue weighted by molar-refractivity contribution is 0.767. The number of rotatable bonds is 3. The molecule has 3 aromatic heterocycles. The van der Waals surface area contributed by atoms with Crippen molar-refractivity contribution in [1.29, 1.82) is 0 Å². The zero-order chi connectivity index (χ0) is 15.8. The first-order valence-electron chi connectivity index (χ1n) is 7.67. The molecule has 0 aromatic carbocycles. The van der Waals surface area contributed by atoms with Crippen LogP contribution in [0.15, 0.2) is 47.7 Å². The lowest BCUT2D eigenvalue weighted by Gasteiger charge is -2.17. The first-order valence-corrected chi connectivity index (χ1v) is 7.67. The third kappa shape index (κ3) is 2.65. The monoisotopic (exact) mass is 310 g/mol. The average molecular weight is 310 g/mol. The van der Waals surface area contributed by atoms with Gasteiger partial charge in [-0.1, -0.05) is 6.07 Å². The Morgan fingerprint density at radius 1 is 1.35 bits per heavy atom. The second kappa shape index (κ2) is 5.42. The average Bonchev–Trinajstić information content (AvgIpc) is 3.16. The second-order valence-corrected chi connectivity index (χ2v) is 5.86. The van der Waals surface area contributed by atoms with Crippen LogP contribution < -0.4 is 15.8 Å². The van der Waals surface area contributed by atoms with Crippen molar-refractivity contribution in [3.05, 3.63) is 53.2 Å². The van der Waals surface area contributed by atoms with Gasteiger partial charge in [-0.15, -0.1) is 0 Å². The number of nitrogens with zero attached hydrogens (tertiary/aromatic N) is 5. The fraction of sp³-hybridized carbons (Fsp3) is 0.312. The molecule has 4 heterocycles. The molecule has 1 N–H and O–H groups in total. The van der Waals surface area contributed by atoms with Gasteiger partial charge in [-0.05, 0) is 18.6 Å². The summed E-state index contributed by atoms with van der Waals surface area (Å²) in [5.41, 5.74) is 1.72. The van der Waals surface area contributed by atoms with Gasteiger partial charge in [-0.2, -0.15) is 5.10 Å². The molecule has 0 radical (unpaired) electrons. The maximum atomic E-state index is 12.1. The van der Waals surface area contributed by atoms with Crippen LogP contribution >= 0.6 is 0 Å². The van der Waals surface area contributed by atoms with Crippen LogP contribution in [0.1, 0.15) is 6.42 Å². The highest BCUT2D eigenvalue weighted by molar-refractivity contribution is 5.49. The molecule has 7 nitrogen and oxygen atoms in total. The smallest absolute Gasteiger partial charge is 0.259 e. The Hall–Kier alpha value is -2.83.